The van der Waals surface area contributed by atoms with E-state index < -0.39 is 11.8 Å². The molecule has 0 bridgehead atoms. The van der Waals surface area contributed by atoms with E-state index >= 15 is 0 Å². The molecule has 0 spiro atoms. The first-order chi connectivity index (χ1) is 14.6. The Morgan fingerprint density at radius 2 is 2.13 bits per heavy atom. The third-order valence-corrected chi connectivity index (χ3v) is 6.19. The zero-order valence-electron chi connectivity index (χ0n) is 17.6. The molecule has 1 fully saturated rings. The molecule has 2 aliphatic rings. The Kier molecular flexibility index (Phi) is 6.08. The monoisotopic (exact) mass is 414 g/mol. The number of carbonyl (C=O) groups excluding carboxylic acids is 2. The zero-order chi connectivity index (χ0) is 21.1. The van der Waals surface area contributed by atoms with E-state index in [1.165, 1.54) is 19.3 Å². The number of H-pyrrole nitrogens is 1. The van der Waals surface area contributed by atoms with Crippen molar-refractivity contribution in [2.24, 2.45) is 5.92 Å². The highest BCUT2D eigenvalue weighted by atomic mass is 16.5. The average Bonchev–Trinajstić information content (AvgIpc) is 3.38. The van der Waals surface area contributed by atoms with Crippen molar-refractivity contribution in [2.75, 3.05) is 30.9 Å². The molecule has 4 N–H and O–H groups in total. The van der Waals surface area contributed by atoms with Gasteiger partial charge in [-0.25, -0.2) is 0 Å². The number of carbonyl (C=O) groups is 2. The summed E-state index contributed by atoms with van der Waals surface area (Å²) in [6.45, 7) is 3.40. The maximum absolute atomic E-state index is 12.5. The van der Waals surface area contributed by atoms with E-state index in [4.69, 9.17) is 9.84 Å². The van der Waals surface area contributed by atoms with Crippen LogP contribution >= 0.6 is 0 Å². The molecule has 3 heterocycles. The fourth-order valence-electron chi connectivity index (χ4n) is 4.65. The van der Waals surface area contributed by atoms with Crippen LogP contribution in [0.4, 0.5) is 11.6 Å². The van der Waals surface area contributed by atoms with E-state index in [0.29, 0.717) is 30.9 Å². The number of aromatic amines is 1. The molecule has 2 aromatic rings. The second-order valence-electron chi connectivity index (χ2n) is 7.96. The molecule has 1 aliphatic heterocycles. The Balaban J connectivity index is 1.66. The zero-order valence-corrected chi connectivity index (χ0v) is 17.6. The van der Waals surface area contributed by atoms with Gasteiger partial charge in [-0.15, -0.1) is 0 Å². The van der Waals surface area contributed by atoms with Crippen LogP contribution in [-0.2, 0) is 20.9 Å². The van der Waals surface area contributed by atoms with Crippen LogP contribution in [0.5, 0.6) is 0 Å². The van der Waals surface area contributed by atoms with Crippen molar-refractivity contribution in [3.05, 3.63) is 17.8 Å². The number of methoxy groups -OCH3 is 1. The van der Waals surface area contributed by atoms with Crippen LogP contribution < -0.4 is 16.0 Å². The van der Waals surface area contributed by atoms with E-state index in [-0.39, 0.29) is 6.54 Å². The fraction of sp³-hybridized carbons (Fsp3) is 0.571. The number of rotatable bonds is 6. The summed E-state index contributed by atoms with van der Waals surface area (Å²) in [7, 11) is 1.54. The van der Waals surface area contributed by atoms with E-state index in [1.54, 1.807) is 7.11 Å². The number of fused-ring (bicyclic) bond motifs is 3. The molecule has 1 saturated carbocycles. The quantitative estimate of drug-likeness (QED) is 0.429. The second kappa shape index (κ2) is 8.91. The van der Waals surface area contributed by atoms with Gasteiger partial charge in [-0.05, 0) is 24.8 Å². The Labute approximate surface area is 175 Å². The summed E-state index contributed by atoms with van der Waals surface area (Å²) in [5.74, 6) is 0.569. The third kappa shape index (κ3) is 3.81. The van der Waals surface area contributed by atoms with E-state index in [0.717, 1.165) is 35.5 Å². The van der Waals surface area contributed by atoms with Crippen molar-refractivity contribution in [1.29, 1.82) is 0 Å². The van der Waals surface area contributed by atoms with Gasteiger partial charge in [0.15, 0.2) is 5.82 Å². The largest absolute Gasteiger partial charge is 0.383 e. The molecule has 0 radical (unpaired) electrons. The molecular weight excluding hydrogens is 384 g/mol. The maximum Gasteiger partial charge on any atom is 0.314 e. The van der Waals surface area contributed by atoms with E-state index in [1.807, 2.05) is 12.3 Å². The molecule has 9 heteroatoms. The van der Waals surface area contributed by atoms with Gasteiger partial charge < -0.3 is 25.7 Å². The highest BCUT2D eigenvalue weighted by Crippen LogP contribution is 2.44. The number of hydrogen-bond donors (Lipinski definition) is 4. The predicted molar refractivity (Wildman–Crippen MR) is 114 cm³/mol. The van der Waals surface area contributed by atoms with Gasteiger partial charge in [-0.1, -0.05) is 26.2 Å². The first kappa shape index (κ1) is 20.5. The highest BCUT2D eigenvalue weighted by molar-refractivity contribution is 6.39. The van der Waals surface area contributed by atoms with Gasteiger partial charge in [0.1, 0.15) is 5.82 Å². The summed E-state index contributed by atoms with van der Waals surface area (Å²) in [4.78, 5) is 27.8. The summed E-state index contributed by atoms with van der Waals surface area (Å²) in [5.41, 5.74) is 3.00. The lowest BCUT2D eigenvalue weighted by atomic mass is 9.82. The molecule has 4 rings (SSSR count). The van der Waals surface area contributed by atoms with Gasteiger partial charge in [0.2, 0.25) is 0 Å². The summed E-state index contributed by atoms with van der Waals surface area (Å²) >= 11 is 0. The van der Waals surface area contributed by atoms with Gasteiger partial charge in [0.05, 0.1) is 18.3 Å². The van der Waals surface area contributed by atoms with Crippen molar-refractivity contribution >= 4 is 23.5 Å². The number of amides is 2. The third-order valence-electron chi connectivity index (χ3n) is 6.19. The fourth-order valence-corrected chi connectivity index (χ4v) is 4.65. The number of hydrogen-bond acceptors (Lipinski definition) is 5. The summed E-state index contributed by atoms with van der Waals surface area (Å²) < 4.78 is 7.01. The molecule has 0 unspecified atom stereocenters. The summed E-state index contributed by atoms with van der Waals surface area (Å²) in [6.07, 6.45) is 7.70. The molecule has 2 atom stereocenters. The number of nitrogens with one attached hydrogen (secondary N) is 4. The smallest absolute Gasteiger partial charge is 0.314 e. The lowest BCUT2D eigenvalue weighted by Gasteiger charge is -2.32. The van der Waals surface area contributed by atoms with Crippen molar-refractivity contribution in [2.45, 2.75) is 51.6 Å². The van der Waals surface area contributed by atoms with Crippen LogP contribution in [0.3, 0.4) is 0 Å². The SMILES string of the molecule is CC[C@@H]1CCCC[C@@H]1n1nc(NC(=O)C(=O)NCCOC)c2c1-c1cc[nH]c1NC2. The minimum Gasteiger partial charge on any atom is -0.383 e. The predicted octanol–water partition coefficient (Wildman–Crippen LogP) is 2.65. The molecule has 162 valence electrons. The van der Waals surface area contributed by atoms with Crippen molar-refractivity contribution < 1.29 is 14.3 Å². The van der Waals surface area contributed by atoms with Crippen LogP contribution in [0.25, 0.3) is 11.3 Å². The van der Waals surface area contributed by atoms with Crippen LogP contribution in [0.1, 0.15) is 50.6 Å². The maximum atomic E-state index is 12.5. The number of nitrogens with zero attached hydrogens (tertiary/aromatic N) is 2. The van der Waals surface area contributed by atoms with Gasteiger partial charge in [-0.3, -0.25) is 14.3 Å². The van der Waals surface area contributed by atoms with Gasteiger partial charge in [-0.2, -0.15) is 5.10 Å². The number of anilines is 2. The molecule has 1 aliphatic carbocycles. The van der Waals surface area contributed by atoms with Crippen molar-refractivity contribution in [1.82, 2.24) is 20.1 Å². The van der Waals surface area contributed by atoms with Gasteiger partial charge in [0.25, 0.3) is 0 Å². The summed E-state index contributed by atoms with van der Waals surface area (Å²) in [5, 5.41) is 13.5. The number of ether oxygens (including phenoxy) is 1. The van der Waals surface area contributed by atoms with Crippen LogP contribution in [0, 0.1) is 5.92 Å². The topological polar surface area (TPSA) is 113 Å². The van der Waals surface area contributed by atoms with Crippen molar-refractivity contribution in [3.63, 3.8) is 0 Å². The first-order valence-electron chi connectivity index (χ1n) is 10.7. The second-order valence-corrected chi connectivity index (χ2v) is 7.96. The van der Waals surface area contributed by atoms with Gasteiger partial charge >= 0.3 is 11.8 Å². The lowest BCUT2D eigenvalue weighted by Crippen LogP contribution is -2.37. The normalized spacial score (nSPS) is 20.1. The first-order valence-corrected chi connectivity index (χ1v) is 10.7. The Bertz CT molecular complexity index is 918. The van der Waals surface area contributed by atoms with Gasteiger partial charge in [0, 0.05) is 37.5 Å². The van der Waals surface area contributed by atoms with E-state index in [9.17, 15) is 9.59 Å². The van der Waals surface area contributed by atoms with Crippen LogP contribution in [0.2, 0.25) is 0 Å². The standard InChI is InChI=1S/C21H30N6O3/c1-3-13-6-4-5-7-16(13)27-17-14-8-9-22-18(14)24-12-15(17)19(26-27)25-21(29)20(28)23-10-11-30-2/h8-9,13,16,22,24H,3-7,10-12H2,1-2H3,(H,23,28)(H,25,26,29)/t13-,16+/m1/s1. The van der Waals surface area contributed by atoms with Crippen LogP contribution in [-0.4, -0.2) is 46.8 Å². The number of aromatic nitrogens is 3. The van der Waals surface area contributed by atoms with E-state index in [2.05, 4.69) is 32.5 Å². The highest BCUT2D eigenvalue weighted by Gasteiger charge is 2.34. The Morgan fingerprint density at radius 1 is 1.30 bits per heavy atom. The molecule has 0 saturated heterocycles. The molecule has 2 aromatic heterocycles. The Morgan fingerprint density at radius 3 is 2.93 bits per heavy atom. The van der Waals surface area contributed by atoms with Crippen molar-refractivity contribution in [3.8, 4) is 11.3 Å². The van der Waals surface area contributed by atoms with Crippen LogP contribution in [0.15, 0.2) is 12.3 Å². The molecule has 9 nitrogen and oxygen atoms in total. The summed E-state index contributed by atoms with van der Waals surface area (Å²) in [6, 6.07) is 2.32. The molecule has 2 amide bonds. The minimum atomic E-state index is -0.714. The molecule has 0 aromatic carbocycles. The Hall–Kier alpha value is -2.81. The molecule has 30 heavy (non-hydrogen) atoms. The lowest BCUT2D eigenvalue weighted by molar-refractivity contribution is -0.136. The minimum absolute atomic E-state index is 0.282. The average molecular weight is 415 g/mol. The molecular formula is C21H30N6O3.